The van der Waals surface area contributed by atoms with Gasteiger partial charge >= 0.3 is 6.18 Å². The lowest BCUT2D eigenvalue weighted by Gasteiger charge is -2.33. The third-order valence-electron chi connectivity index (χ3n) is 5.41. The Balaban J connectivity index is 0.00000341. The molecule has 0 spiro atoms. The number of nitrogens with zero attached hydrogens (tertiary/aromatic N) is 5. The van der Waals surface area contributed by atoms with E-state index in [0.29, 0.717) is 24.6 Å². The Kier molecular flexibility index (Phi) is 9.10. The fourth-order valence-corrected chi connectivity index (χ4v) is 3.50. The number of rotatable bonds is 5. The van der Waals surface area contributed by atoms with Gasteiger partial charge in [0.2, 0.25) is 0 Å². The molecule has 1 aromatic carbocycles. The molecule has 172 valence electrons. The molecular formula is C20H29F3IN7. The summed E-state index contributed by atoms with van der Waals surface area (Å²) in [6, 6.07) is 5.83. The molecule has 2 heterocycles. The van der Waals surface area contributed by atoms with Crippen molar-refractivity contribution in [1.82, 2.24) is 30.3 Å². The Bertz CT molecular complexity index is 874. The van der Waals surface area contributed by atoms with Crippen molar-refractivity contribution in [1.29, 1.82) is 0 Å². The normalized spacial score (nSPS) is 16.1. The first-order chi connectivity index (χ1) is 14.3. The van der Waals surface area contributed by atoms with Crippen LogP contribution in [-0.2, 0) is 26.3 Å². The van der Waals surface area contributed by atoms with E-state index in [4.69, 9.17) is 0 Å². The lowest BCUT2D eigenvalue weighted by Crippen LogP contribution is -2.48. The summed E-state index contributed by atoms with van der Waals surface area (Å²) in [5.74, 6) is 2.38. The van der Waals surface area contributed by atoms with Crippen LogP contribution in [0.3, 0.4) is 0 Å². The summed E-state index contributed by atoms with van der Waals surface area (Å²) in [5.41, 5.74) is 0.0946. The molecule has 1 aliphatic rings. The molecule has 0 radical (unpaired) electrons. The summed E-state index contributed by atoms with van der Waals surface area (Å²) in [6.45, 7) is 4.57. The maximum absolute atomic E-state index is 12.9. The van der Waals surface area contributed by atoms with Crippen molar-refractivity contribution in [3.8, 4) is 0 Å². The molecule has 11 heteroatoms. The Morgan fingerprint density at radius 3 is 2.52 bits per heavy atom. The maximum Gasteiger partial charge on any atom is 0.416 e. The molecule has 0 atom stereocenters. The highest BCUT2D eigenvalue weighted by Crippen LogP contribution is 2.30. The summed E-state index contributed by atoms with van der Waals surface area (Å²) >= 11 is 0. The van der Waals surface area contributed by atoms with Gasteiger partial charge in [-0.05, 0) is 31.4 Å². The number of benzene rings is 1. The number of hydrogen-bond donors (Lipinski definition) is 2. The van der Waals surface area contributed by atoms with E-state index in [1.807, 2.05) is 18.5 Å². The van der Waals surface area contributed by atoms with Gasteiger partial charge in [0.05, 0.1) is 12.1 Å². The largest absolute Gasteiger partial charge is 0.416 e. The van der Waals surface area contributed by atoms with Gasteiger partial charge in [-0.2, -0.15) is 13.2 Å². The molecule has 31 heavy (non-hydrogen) atoms. The molecule has 1 fully saturated rings. The Hall–Kier alpha value is -1.89. The average Bonchev–Trinajstić information content (AvgIpc) is 3.04. The molecule has 0 saturated carbocycles. The van der Waals surface area contributed by atoms with Crippen molar-refractivity contribution in [2.75, 3.05) is 20.1 Å². The average molecular weight is 551 g/mol. The van der Waals surface area contributed by atoms with Crippen LogP contribution in [0.2, 0.25) is 0 Å². The minimum Gasteiger partial charge on any atom is -0.354 e. The van der Waals surface area contributed by atoms with Gasteiger partial charge in [0, 0.05) is 39.8 Å². The second kappa shape index (κ2) is 11.1. The number of nitrogens with one attached hydrogen (secondary N) is 2. The monoisotopic (exact) mass is 551 g/mol. The Labute approximate surface area is 197 Å². The molecular weight excluding hydrogens is 522 g/mol. The molecule has 1 aliphatic heterocycles. The zero-order valence-corrected chi connectivity index (χ0v) is 20.2. The number of likely N-dealkylation sites (tertiary alicyclic amines) is 1. The van der Waals surface area contributed by atoms with Crippen molar-refractivity contribution in [2.45, 2.75) is 45.1 Å². The Morgan fingerprint density at radius 2 is 1.94 bits per heavy atom. The highest BCUT2D eigenvalue weighted by atomic mass is 127. The van der Waals surface area contributed by atoms with E-state index in [9.17, 15) is 13.2 Å². The molecule has 0 amide bonds. The van der Waals surface area contributed by atoms with Crippen LogP contribution in [0.15, 0.2) is 29.3 Å². The molecule has 0 bridgehead atoms. The maximum atomic E-state index is 12.9. The summed E-state index contributed by atoms with van der Waals surface area (Å²) in [7, 11) is 3.64. The van der Waals surface area contributed by atoms with E-state index in [0.717, 1.165) is 43.6 Å². The van der Waals surface area contributed by atoms with Gasteiger partial charge in [-0.15, -0.1) is 34.2 Å². The molecule has 2 aromatic rings. The molecule has 1 aromatic heterocycles. The van der Waals surface area contributed by atoms with Gasteiger partial charge < -0.3 is 15.2 Å². The van der Waals surface area contributed by atoms with E-state index >= 15 is 0 Å². The summed E-state index contributed by atoms with van der Waals surface area (Å²) < 4.78 is 40.6. The lowest BCUT2D eigenvalue weighted by molar-refractivity contribution is -0.137. The number of halogens is 4. The molecule has 1 saturated heterocycles. The van der Waals surface area contributed by atoms with E-state index in [1.54, 1.807) is 13.1 Å². The van der Waals surface area contributed by atoms with Gasteiger partial charge in [0.1, 0.15) is 5.82 Å². The lowest BCUT2D eigenvalue weighted by atomic mass is 10.0. The van der Waals surface area contributed by atoms with Crippen LogP contribution in [0, 0.1) is 6.92 Å². The van der Waals surface area contributed by atoms with Crippen molar-refractivity contribution in [3.05, 3.63) is 47.0 Å². The molecule has 7 nitrogen and oxygen atoms in total. The van der Waals surface area contributed by atoms with E-state index in [1.165, 1.54) is 12.1 Å². The highest BCUT2D eigenvalue weighted by molar-refractivity contribution is 14.0. The summed E-state index contributed by atoms with van der Waals surface area (Å²) in [5, 5.41) is 14.8. The molecule has 3 rings (SSSR count). The van der Waals surface area contributed by atoms with Crippen molar-refractivity contribution >= 4 is 29.9 Å². The molecule has 0 aliphatic carbocycles. The minimum absolute atomic E-state index is 0. The number of aryl methyl sites for hydroxylation is 1. The van der Waals surface area contributed by atoms with E-state index in [2.05, 4.69) is 30.7 Å². The smallest absolute Gasteiger partial charge is 0.354 e. The first-order valence-corrected chi connectivity index (χ1v) is 9.97. The van der Waals surface area contributed by atoms with Gasteiger partial charge in [0.25, 0.3) is 0 Å². The predicted molar refractivity (Wildman–Crippen MR) is 124 cm³/mol. The predicted octanol–water partition coefficient (Wildman–Crippen LogP) is 3.09. The fourth-order valence-electron chi connectivity index (χ4n) is 3.50. The number of hydrogen-bond acceptors (Lipinski definition) is 4. The summed E-state index contributed by atoms with van der Waals surface area (Å²) in [4.78, 5) is 6.46. The van der Waals surface area contributed by atoms with Crippen LogP contribution < -0.4 is 10.6 Å². The number of aromatic nitrogens is 3. The van der Waals surface area contributed by atoms with Crippen LogP contribution >= 0.6 is 24.0 Å². The zero-order chi connectivity index (χ0) is 21.7. The van der Waals surface area contributed by atoms with Crippen molar-refractivity contribution < 1.29 is 13.2 Å². The third-order valence-corrected chi connectivity index (χ3v) is 5.41. The van der Waals surface area contributed by atoms with Gasteiger partial charge in [-0.1, -0.05) is 18.2 Å². The van der Waals surface area contributed by atoms with Crippen molar-refractivity contribution in [2.24, 2.45) is 12.0 Å². The fraction of sp³-hybridized carbons (Fsp3) is 0.550. The molecule has 0 unspecified atom stereocenters. The SMILES string of the molecule is CN=C(NCc1nnc(C)n1C)NC1CCN(Cc2cccc(C(F)(F)F)c2)CC1.I. The van der Waals surface area contributed by atoms with Crippen LogP contribution in [0.4, 0.5) is 13.2 Å². The van der Waals surface area contributed by atoms with E-state index < -0.39 is 11.7 Å². The first-order valence-electron chi connectivity index (χ1n) is 9.97. The summed E-state index contributed by atoms with van der Waals surface area (Å²) in [6.07, 6.45) is -2.52. The Morgan fingerprint density at radius 1 is 1.23 bits per heavy atom. The number of guanidine groups is 1. The number of piperidine rings is 1. The second-order valence-corrected chi connectivity index (χ2v) is 7.54. The number of aliphatic imine (C=N–C) groups is 1. The number of alkyl halides is 3. The van der Waals surface area contributed by atoms with E-state index in [-0.39, 0.29) is 30.0 Å². The standard InChI is InChI=1S/C20H28F3N7.HI/c1-14-27-28-18(29(14)3)12-25-19(24-2)26-17-7-9-30(10-8-17)13-15-5-4-6-16(11-15)20(21,22)23;/h4-6,11,17H,7-10,12-13H2,1-3H3,(H2,24,25,26);1H. The molecule has 2 N–H and O–H groups in total. The zero-order valence-electron chi connectivity index (χ0n) is 17.9. The second-order valence-electron chi connectivity index (χ2n) is 7.54. The quantitative estimate of drug-likeness (QED) is 0.340. The van der Waals surface area contributed by atoms with Gasteiger partial charge in [-0.3, -0.25) is 9.89 Å². The third kappa shape index (κ3) is 7.06. The topological polar surface area (TPSA) is 70.4 Å². The van der Waals surface area contributed by atoms with Crippen LogP contribution in [-0.4, -0.2) is 51.8 Å². The van der Waals surface area contributed by atoms with Crippen molar-refractivity contribution in [3.63, 3.8) is 0 Å². The van der Waals surface area contributed by atoms with Crippen LogP contribution in [0.25, 0.3) is 0 Å². The first kappa shape index (κ1) is 25.4. The van der Waals surface area contributed by atoms with Gasteiger partial charge in [-0.25, -0.2) is 0 Å². The van der Waals surface area contributed by atoms with Crippen LogP contribution in [0.5, 0.6) is 0 Å². The minimum atomic E-state index is -4.31. The van der Waals surface area contributed by atoms with Gasteiger partial charge in [0.15, 0.2) is 11.8 Å². The van der Waals surface area contributed by atoms with Crippen LogP contribution in [0.1, 0.15) is 35.6 Å². The highest BCUT2D eigenvalue weighted by Gasteiger charge is 2.30.